The van der Waals surface area contributed by atoms with Gasteiger partial charge < -0.3 is 19.9 Å². The van der Waals surface area contributed by atoms with Crippen LogP contribution in [0.3, 0.4) is 0 Å². The summed E-state index contributed by atoms with van der Waals surface area (Å²) in [4.78, 5) is 42.6. The van der Waals surface area contributed by atoms with Gasteiger partial charge in [0.15, 0.2) is 0 Å². The first-order valence-corrected chi connectivity index (χ1v) is 10.9. The highest BCUT2D eigenvalue weighted by molar-refractivity contribution is 6.12. The summed E-state index contributed by atoms with van der Waals surface area (Å²) in [5.41, 5.74) is 1.87. The van der Waals surface area contributed by atoms with E-state index in [0.29, 0.717) is 42.0 Å². The predicted molar refractivity (Wildman–Crippen MR) is 118 cm³/mol. The molecule has 2 heterocycles. The van der Waals surface area contributed by atoms with Crippen molar-refractivity contribution in [2.45, 2.75) is 38.6 Å². The van der Waals surface area contributed by atoms with Gasteiger partial charge in [-0.15, -0.1) is 0 Å². The number of fused-ring (bicyclic) bond motifs is 1. The number of hydrogen-bond acceptors (Lipinski definition) is 5. The molecule has 0 bridgehead atoms. The molecule has 0 radical (unpaired) electrons. The second-order valence-electron chi connectivity index (χ2n) is 8.07. The lowest BCUT2D eigenvalue weighted by Gasteiger charge is -2.34. The van der Waals surface area contributed by atoms with Crippen LogP contribution in [-0.2, 0) is 9.59 Å². The number of unbranched alkanes of at least 4 members (excludes halogenated alkanes) is 1. The van der Waals surface area contributed by atoms with Gasteiger partial charge in [-0.1, -0.05) is 19.4 Å². The molecule has 2 aliphatic heterocycles. The van der Waals surface area contributed by atoms with Crippen molar-refractivity contribution in [1.82, 2.24) is 15.1 Å². The molecule has 1 aromatic rings. The van der Waals surface area contributed by atoms with E-state index in [1.165, 1.54) is 18.0 Å². The van der Waals surface area contributed by atoms with Crippen LogP contribution in [0.5, 0.6) is 0 Å². The Kier molecular flexibility index (Phi) is 7.43. The number of carbonyl (C=O) groups is 3. The molecule has 1 N–H and O–H groups in total. The Morgan fingerprint density at radius 3 is 2.52 bits per heavy atom. The van der Waals surface area contributed by atoms with Crippen LogP contribution >= 0.6 is 0 Å². The Balaban J connectivity index is 2.04. The van der Waals surface area contributed by atoms with Gasteiger partial charge in [0.25, 0.3) is 5.91 Å². The summed E-state index contributed by atoms with van der Waals surface area (Å²) in [5, 5.41) is 2.59. The van der Waals surface area contributed by atoms with Crippen LogP contribution in [0, 0.1) is 5.82 Å². The van der Waals surface area contributed by atoms with Gasteiger partial charge in [0, 0.05) is 50.9 Å². The third kappa shape index (κ3) is 4.63. The predicted octanol–water partition coefficient (Wildman–Crippen LogP) is 2.27. The van der Waals surface area contributed by atoms with Crippen molar-refractivity contribution in [1.29, 1.82) is 0 Å². The minimum Gasteiger partial charge on any atom is -0.367 e. The maximum absolute atomic E-state index is 15.2. The molecule has 0 aromatic heterocycles. The monoisotopic (exact) mass is 430 g/mol. The smallest absolute Gasteiger partial charge is 0.259 e. The molecule has 1 fully saturated rings. The number of hydrogen-bond donors (Lipinski definition) is 1. The standard InChI is InChI=1S/C23H31FN4O3/c1-4-5-7-19-16-14-18(24)21(27-11-9-26(3)10-12-27)15-17(16)23(31)28(19)20(8-6-13-29)22(30)25-2/h7,13-15,20H,4-6,8-12H2,1-3H3,(H,25,30)/b19-7-. The van der Waals surface area contributed by atoms with Crippen LogP contribution in [0.25, 0.3) is 5.70 Å². The molecular formula is C23H31FN4O3. The van der Waals surface area contributed by atoms with Gasteiger partial charge in [-0.2, -0.15) is 0 Å². The van der Waals surface area contributed by atoms with Crippen LogP contribution in [-0.4, -0.2) is 74.2 Å². The second kappa shape index (κ2) is 10.0. The van der Waals surface area contributed by atoms with Crippen LogP contribution < -0.4 is 10.2 Å². The lowest BCUT2D eigenvalue weighted by molar-refractivity contribution is -0.124. The van der Waals surface area contributed by atoms with E-state index in [1.54, 1.807) is 6.07 Å². The molecule has 3 rings (SSSR count). The summed E-state index contributed by atoms with van der Waals surface area (Å²) in [6.07, 6.45) is 4.52. The van der Waals surface area contributed by atoms with Crippen molar-refractivity contribution in [2.24, 2.45) is 0 Å². The molecule has 0 aliphatic carbocycles. The molecule has 1 atom stereocenters. The van der Waals surface area contributed by atoms with Crippen molar-refractivity contribution in [3.63, 3.8) is 0 Å². The summed E-state index contributed by atoms with van der Waals surface area (Å²) in [6, 6.07) is 2.22. The van der Waals surface area contributed by atoms with Crippen molar-refractivity contribution < 1.29 is 18.8 Å². The van der Waals surface area contributed by atoms with Crippen molar-refractivity contribution in [3.8, 4) is 0 Å². The van der Waals surface area contributed by atoms with Crippen molar-refractivity contribution in [2.75, 3.05) is 45.2 Å². The Morgan fingerprint density at radius 2 is 1.90 bits per heavy atom. The van der Waals surface area contributed by atoms with Gasteiger partial charge >= 0.3 is 0 Å². The Hall–Kier alpha value is -2.74. The molecule has 2 aliphatic rings. The first kappa shape index (κ1) is 22.9. The number of anilines is 1. The summed E-state index contributed by atoms with van der Waals surface area (Å²) in [5.74, 6) is -1.04. The zero-order valence-electron chi connectivity index (χ0n) is 18.5. The zero-order chi connectivity index (χ0) is 22.5. The van der Waals surface area contributed by atoms with E-state index in [4.69, 9.17) is 0 Å². The first-order chi connectivity index (χ1) is 14.9. The van der Waals surface area contributed by atoms with Crippen LogP contribution in [0.15, 0.2) is 18.2 Å². The van der Waals surface area contributed by atoms with E-state index in [2.05, 4.69) is 10.2 Å². The normalized spacial score (nSPS) is 19.0. The third-order valence-electron chi connectivity index (χ3n) is 5.96. The number of aldehydes is 1. The molecule has 1 saturated heterocycles. The summed E-state index contributed by atoms with van der Waals surface area (Å²) >= 11 is 0. The third-order valence-corrected chi connectivity index (χ3v) is 5.96. The van der Waals surface area contributed by atoms with Crippen LogP contribution in [0.2, 0.25) is 0 Å². The summed E-state index contributed by atoms with van der Waals surface area (Å²) < 4.78 is 15.2. The summed E-state index contributed by atoms with van der Waals surface area (Å²) in [6.45, 7) is 5.02. The number of halogens is 1. The number of likely N-dealkylation sites (N-methyl/N-ethyl adjacent to an activating group) is 2. The van der Waals surface area contributed by atoms with Gasteiger partial charge in [0.2, 0.25) is 5.91 Å². The minimum atomic E-state index is -0.826. The number of benzene rings is 1. The Morgan fingerprint density at radius 1 is 1.19 bits per heavy atom. The minimum absolute atomic E-state index is 0.153. The fourth-order valence-corrected chi connectivity index (χ4v) is 4.18. The molecule has 31 heavy (non-hydrogen) atoms. The molecule has 1 aromatic carbocycles. The van der Waals surface area contributed by atoms with Crippen molar-refractivity contribution in [3.05, 3.63) is 35.2 Å². The Bertz CT molecular complexity index is 878. The van der Waals surface area contributed by atoms with Gasteiger partial charge in [-0.25, -0.2) is 4.39 Å². The number of piperazine rings is 1. The molecular weight excluding hydrogens is 399 g/mol. The Labute approximate surface area is 182 Å². The van der Waals surface area contributed by atoms with E-state index in [1.807, 2.05) is 24.9 Å². The topological polar surface area (TPSA) is 73.0 Å². The molecule has 168 valence electrons. The lowest BCUT2D eigenvalue weighted by Crippen LogP contribution is -2.45. The molecule has 1 unspecified atom stereocenters. The van der Waals surface area contributed by atoms with E-state index < -0.39 is 6.04 Å². The van der Waals surface area contributed by atoms with Gasteiger partial charge in [-0.05, 0) is 32.0 Å². The number of carbonyl (C=O) groups excluding carboxylic acids is 3. The van der Waals surface area contributed by atoms with Crippen LogP contribution in [0.4, 0.5) is 10.1 Å². The van der Waals surface area contributed by atoms with E-state index in [9.17, 15) is 14.4 Å². The highest BCUT2D eigenvalue weighted by Crippen LogP contribution is 2.39. The van der Waals surface area contributed by atoms with E-state index in [0.717, 1.165) is 25.8 Å². The van der Waals surface area contributed by atoms with Crippen molar-refractivity contribution >= 4 is 29.5 Å². The van der Waals surface area contributed by atoms with Gasteiger partial charge in [0.05, 0.1) is 11.3 Å². The zero-order valence-corrected chi connectivity index (χ0v) is 18.5. The summed E-state index contributed by atoms with van der Waals surface area (Å²) in [7, 11) is 3.53. The maximum Gasteiger partial charge on any atom is 0.259 e. The SMILES string of the molecule is CCC/C=C1/c2cc(F)c(N3CCN(C)CC3)cc2C(=O)N1C(CCC=O)C(=O)NC. The average Bonchev–Trinajstić information content (AvgIpc) is 3.03. The number of nitrogens with one attached hydrogen (secondary N) is 1. The molecule has 0 spiro atoms. The van der Waals surface area contributed by atoms with E-state index in [-0.39, 0.29) is 30.5 Å². The molecule has 2 amide bonds. The largest absolute Gasteiger partial charge is 0.367 e. The highest BCUT2D eigenvalue weighted by atomic mass is 19.1. The molecule has 0 saturated carbocycles. The molecule has 7 nitrogen and oxygen atoms in total. The fraction of sp³-hybridized carbons (Fsp3) is 0.522. The average molecular weight is 431 g/mol. The number of amides is 2. The fourth-order valence-electron chi connectivity index (χ4n) is 4.18. The lowest BCUT2D eigenvalue weighted by atomic mass is 10.0. The molecule has 8 heteroatoms. The van der Waals surface area contributed by atoms with E-state index >= 15 is 4.39 Å². The first-order valence-electron chi connectivity index (χ1n) is 10.9. The number of rotatable bonds is 8. The van der Waals surface area contributed by atoms with Gasteiger partial charge in [0.1, 0.15) is 18.1 Å². The van der Waals surface area contributed by atoms with Gasteiger partial charge in [-0.3, -0.25) is 14.5 Å². The number of nitrogens with zero attached hydrogens (tertiary/aromatic N) is 3. The van der Waals surface area contributed by atoms with Crippen LogP contribution in [0.1, 0.15) is 48.5 Å². The highest BCUT2D eigenvalue weighted by Gasteiger charge is 2.40. The maximum atomic E-state index is 15.2. The second-order valence-corrected chi connectivity index (χ2v) is 8.07. The quantitative estimate of drug-likeness (QED) is 0.641. The number of allylic oxidation sites excluding steroid dienone is 1.